The highest BCUT2D eigenvalue weighted by Gasteiger charge is 2.22. The van der Waals surface area contributed by atoms with Gasteiger partial charge in [0.1, 0.15) is 24.4 Å². The van der Waals surface area contributed by atoms with E-state index in [2.05, 4.69) is 18.2 Å². The van der Waals surface area contributed by atoms with E-state index in [0.717, 1.165) is 12.8 Å². The minimum Gasteiger partial charge on any atom is -0.493 e. The monoisotopic (exact) mass is 356 g/mol. The number of benzene rings is 1. The summed E-state index contributed by atoms with van der Waals surface area (Å²) in [5.41, 5.74) is 1.92. The highest BCUT2D eigenvalue weighted by molar-refractivity contribution is 5.44. The molecular weight excluding hydrogens is 332 g/mol. The second-order valence-electron chi connectivity index (χ2n) is 6.06. The van der Waals surface area contributed by atoms with Crippen molar-refractivity contribution in [3.63, 3.8) is 0 Å². The lowest BCUT2D eigenvalue weighted by Crippen LogP contribution is -2.10. The Kier molecular flexibility index (Phi) is 6.02. The molecule has 1 heterocycles. The van der Waals surface area contributed by atoms with E-state index in [1.165, 1.54) is 11.8 Å². The fourth-order valence-electron chi connectivity index (χ4n) is 2.89. The lowest BCUT2D eigenvalue weighted by molar-refractivity contribution is 0.107. The maximum Gasteiger partial charge on any atom is 0.172 e. The van der Waals surface area contributed by atoms with Crippen LogP contribution in [0, 0.1) is 0 Å². The first-order valence-electron chi connectivity index (χ1n) is 8.77. The smallest absolute Gasteiger partial charge is 0.172 e. The molecule has 0 aromatic heterocycles. The molecule has 0 saturated heterocycles. The van der Waals surface area contributed by atoms with E-state index in [-0.39, 0.29) is 0 Å². The molecule has 1 aliphatic heterocycles. The number of hydrogen-bond donors (Lipinski definition) is 1. The van der Waals surface area contributed by atoms with E-state index in [1.807, 2.05) is 6.92 Å². The molecule has 0 amide bonds. The molecule has 1 aromatic rings. The van der Waals surface area contributed by atoms with Gasteiger partial charge in [0, 0.05) is 6.42 Å². The molecule has 1 aromatic carbocycles. The van der Waals surface area contributed by atoms with Crippen molar-refractivity contribution in [1.82, 2.24) is 0 Å². The van der Waals surface area contributed by atoms with Gasteiger partial charge in [0.15, 0.2) is 17.3 Å². The van der Waals surface area contributed by atoms with Gasteiger partial charge >= 0.3 is 0 Å². The lowest BCUT2D eigenvalue weighted by Gasteiger charge is -2.22. The molecule has 1 atom stereocenters. The fourth-order valence-corrected chi connectivity index (χ4v) is 2.89. The Morgan fingerprint density at radius 2 is 2.12 bits per heavy atom. The highest BCUT2D eigenvalue weighted by atomic mass is 16.6. The third-order valence-electron chi connectivity index (χ3n) is 4.21. The normalized spacial score (nSPS) is 17.3. The van der Waals surface area contributed by atoms with Gasteiger partial charge in [-0.1, -0.05) is 29.9 Å². The molecule has 0 saturated carbocycles. The summed E-state index contributed by atoms with van der Waals surface area (Å²) >= 11 is 0. The molecule has 26 heavy (non-hydrogen) atoms. The van der Waals surface area contributed by atoms with Gasteiger partial charge in [-0.05, 0) is 37.5 Å². The van der Waals surface area contributed by atoms with Crippen molar-refractivity contribution in [1.29, 1.82) is 0 Å². The van der Waals surface area contributed by atoms with Crippen LogP contribution in [-0.2, 0) is 9.47 Å². The standard InChI is InChI=1S/C21H24O5/c1-3-25-19-12-16(9-10-18(19)23-2)21(22)20-14-24-13-17(26-20)11-15-7-5-4-6-8-15/h4-5,7,9-10,12-14,21-22H,3,6,8,11H2,1-2H3. The van der Waals surface area contributed by atoms with Gasteiger partial charge in [0.2, 0.25) is 0 Å². The highest BCUT2D eigenvalue weighted by Crippen LogP contribution is 2.35. The van der Waals surface area contributed by atoms with Crippen LogP contribution in [0.3, 0.4) is 0 Å². The average molecular weight is 356 g/mol. The van der Waals surface area contributed by atoms with Gasteiger partial charge < -0.3 is 24.1 Å². The summed E-state index contributed by atoms with van der Waals surface area (Å²) in [5, 5.41) is 10.7. The minimum atomic E-state index is -0.955. The zero-order valence-electron chi connectivity index (χ0n) is 15.1. The number of aliphatic hydroxyl groups excluding tert-OH is 1. The van der Waals surface area contributed by atoms with E-state index in [0.29, 0.717) is 41.6 Å². The summed E-state index contributed by atoms with van der Waals surface area (Å²) in [7, 11) is 1.58. The Balaban J connectivity index is 1.70. The number of hydrogen-bond acceptors (Lipinski definition) is 5. The second kappa shape index (κ2) is 8.63. The van der Waals surface area contributed by atoms with E-state index >= 15 is 0 Å². The largest absolute Gasteiger partial charge is 0.493 e. The van der Waals surface area contributed by atoms with Crippen LogP contribution in [0.25, 0.3) is 0 Å². The second-order valence-corrected chi connectivity index (χ2v) is 6.06. The number of rotatable bonds is 7. The molecule has 0 spiro atoms. The zero-order valence-corrected chi connectivity index (χ0v) is 15.1. The quantitative estimate of drug-likeness (QED) is 0.778. The van der Waals surface area contributed by atoms with Crippen LogP contribution in [0.5, 0.6) is 11.5 Å². The van der Waals surface area contributed by atoms with Crippen LogP contribution in [-0.4, -0.2) is 18.8 Å². The first-order chi connectivity index (χ1) is 12.7. The van der Waals surface area contributed by atoms with Gasteiger partial charge in [-0.15, -0.1) is 0 Å². The van der Waals surface area contributed by atoms with Crippen LogP contribution in [0.1, 0.15) is 37.9 Å². The van der Waals surface area contributed by atoms with Crippen LogP contribution >= 0.6 is 0 Å². The Morgan fingerprint density at radius 1 is 1.23 bits per heavy atom. The van der Waals surface area contributed by atoms with Crippen LogP contribution in [0.2, 0.25) is 0 Å². The van der Waals surface area contributed by atoms with Crippen molar-refractivity contribution in [2.24, 2.45) is 0 Å². The van der Waals surface area contributed by atoms with Crippen LogP contribution in [0.4, 0.5) is 0 Å². The molecule has 1 unspecified atom stereocenters. The van der Waals surface area contributed by atoms with Gasteiger partial charge in [0.05, 0.1) is 13.7 Å². The fraction of sp³-hybridized carbons (Fsp3) is 0.333. The first kappa shape index (κ1) is 18.1. The molecule has 0 fully saturated rings. The van der Waals surface area contributed by atoms with Gasteiger partial charge in [-0.3, -0.25) is 0 Å². The Hall–Kier alpha value is -2.66. The lowest BCUT2D eigenvalue weighted by atomic mass is 10.0. The van der Waals surface area contributed by atoms with E-state index in [1.54, 1.807) is 31.6 Å². The summed E-state index contributed by atoms with van der Waals surface area (Å²) in [5.74, 6) is 2.23. The van der Waals surface area contributed by atoms with Crippen molar-refractivity contribution in [3.8, 4) is 11.5 Å². The van der Waals surface area contributed by atoms with E-state index in [4.69, 9.17) is 18.9 Å². The van der Waals surface area contributed by atoms with Gasteiger partial charge in [0.25, 0.3) is 0 Å². The zero-order chi connectivity index (χ0) is 18.4. The van der Waals surface area contributed by atoms with Crippen LogP contribution < -0.4 is 9.47 Å². The van der Waals surface area contributed by atoms with Crippen molar-refractivity contribution >= 4 is 0 Å². The molecule has 1 aliphatic carbocycles. The maximum absolute atomic E-state index is 10.7. The van der Waals surface area contributed by atoms with Gasteiger partial charge in [-0.2, -0.15) is 0 Å². The summed E-state index contributed by atoms with van der Waals surface area (Å²) in [6.07, 6.45) is 11.1. The first-order valence-corrected chi connectivity index (χ1v) is 8.77. The van der Waals surface area contributed by atoms with Crippen molar-refractivity contribution in [2.45, 2.75) is 32.3 Å². The Labute approximate surface area is 153 Å². The summed E-state index contributed by atoms with van der Waals surface area (Å²) in [4.78, 5) is 0. The summed E-state index contributed by atoms with van der Waals surface area (Å²) in [6, 6.07) is 5.30. The molecule has 2 aliphatic rings. The Morgan fingerprint density at radius 3 is 2.85 bits per heavy atom. The third kappa shape index (κ3) is 4.29. The number of methoxy groups -OCH3 is 1. The number of aliphatic hydroxyl groups is 1. The molecule has 1 N–H and O–H groups in total. The predicted octanol–water partition coefficient (Wildman–Crippen LogP) is 4.52. The molecule has 0 radical (unpaired) electrons. The molecule has 3 rings (SSSR count). The van der Waals surface area contributed by atoms with Crippen molar-refractivity contribution < 1.29 is 24.1 Å². The number of ether oxygens (including phenoxy) is 4. The molecule has 5 nitrogen and oxygen atoms in total. The predicted molar refractivity (Wildman–Crippen MR) is 98.5 cm³/mol. The van der Waals surface area contributed by atoms with Gasteiger partial charge in [-0.25, -0.2) is 0 Å². The maximum atomic E-state index is 10.7. The third-order valence-corrected chi connectivity index (χ3v) is 4.21. The Bertz CT molecular complexity index is 758. The van der Waals surface area contributed by atoms with Crippen molar-refractivity contribution in [3.05, 3.63) is 71.6 Å². The molecule has 5 heteroatoms. The van der Waals surface area contributed by atoms with Crippen molar-refractivity contribution in [2.75, 3.05) is 13.7 Å². The summed E-state index contributed by atoms with van der Waals surface area (Å²) < 4.78 is 22.1. The van der Waals surface area contributed by atoms with Crippen LogP contribution in [0.15, 0.2) is 66.0 Å². The average Bonchev–Trinajstić information content (AvgIpc) is 2.68. The van der Waals surface area contributed by atoms with E-state index in [9.17, 15) is 5.11 Å². The molecule has 138 valence electrons. The molecular formula is C21H24O5. The summed E-state index contributed by atoms with van der Waals surface area (Å²) in [6.45, 7) is 2.41. The topological polar surface area (TPSA) is 57.2 Å². The van der Waals surface area contributed by atoms with E-state index < -0.39 is 6.10 Å². The molecule has 0 bridgehead atoms. The SMILES string of the molecule is CCOc1cc(C(O)C2=COC=C(CC3=CC=CCC3)O2)ccc1OC. The minimum absolute atomic E-state index is 0.349. The number of allylic oxidation sites excluding steroid dienone is 4.